The number of rotatable bonds is 13. The number of fused-ring (bicyclic) bond motifs is 2. The molecular weight excluding hydrogens is 558 g/mol. The van der Waals surface area contributed by atoms with E-state index in [1.165, 1.54) is 5.38 Å². The predicted octanol–water partition coefficient (Wildman–Crippen LogP) is 4.44. The molecule has 2 saturated heterocycles. The normalized spacial score (nSPS) is 23.4. The summed E-state index contributed by atoms with van der Waals surface area (Å²) >= 11 is 1.10. The van der Waals surface area contributed by atoms with Crippen molar-refractivity contribution in [2.24, 2.45) is 11.8 Å². The maximum atomic E-state index is 14.2. The van der Waals surface area contributed by atoms with Gasteiger partial charge in [-0.05, 0) is 64.3 Å². The molecule has 3 amide bonds. The number of thiazole rings is 1. The van der Waals surface area contributed by atoms with Crippen molar-refractivity contribution in [1.82, 2.24) is 25.4 Å². The van der Waals surface area contributed by atoms with Crippen LogP contribution in [0, 0.1) is 11.8 Å². The van der Waals surface area contributed by atoms with Gasteiger partial charge in [-0.1, -0.05) is 34.1 Å². The standard InChI is InChI=1S/C30H49N5O6S/c1-8-19(5)24(33-28(39)30-14-10-12-20(35(30)7)13-11-15-30)26(36)34(6)22(18(3)4)16-23(41-29(40)31-9-2)25-32-21(17-42-25)27(37)38/h17-20,22-24H,8-16H2,1-7H3,(H,31,40)(H,33,39)(H,37,38). The van der Waals surface area contributed by atoms with Crippen LogP contribution >= 0.6 is 11.3 Å². The number of nitrogens with one attached hydrogen (secondary N) is 2. The molecule has 0 radical (unpaired) electrons. The molecule has 12 heteroatoms. The Morgan fingerprint density at radius 2 is 1.83 bits per heavy atom. The van der Waals surface area contributed by atoms with E-state index in [0.717, 1.165) is 49.9 Å². The molecule has 3 heterocycles. The van der Waals surface area contributed by atoms with E-state index in [2.05, 4.69) is 20.5 Å². The van der Waals surface area contributed by atoms with E-state index in [1.807, 2.05) is 34.7 Å². The molecule has 2 bridgehead atoms. The van der Waals surface area contributed by atoms with Gasteiger partial charge in [0.2, 0.25) is 11.8 Å². The number of ether oxygens (including phenoxy) is 1. The highest BCUT2D eigenvalue weighted by Crippen LogP contribution is 2.41. The minimum atomic E-state index is -1.17. The summed E-state index contributed by atoms with van der Waals surface area (Å²) in [6.07, 6.45) is 5.24. The molecule has 1 aromatic heterocycles. The predicted molar refractivity (Wildman–Crippen MR) is 161 cm³/mol. The molecule has 0 aliphatic carbocycles. The highest BCUT2D eigenvalue weighted by molar-refractivity contribution is 7.09. The second-order valence-electron chi connectivity index (χ2n) is 12.2. The Morgan fingerprint density at radius 1 is 1.19 bits per heavy atom. The Bertz CT molecular complexity index is 1100. The van der Waals surface area contributed by atoms with E-state index in [0.29, 0.717) is 24.0 Å². The zero-order chi connectivity index (χ0) is 31.2. The first kappa shape index (κ1) is 33.8. The number of likely N-dealkylation sites (N-methyl/N-ethyl adjacent to an activating group) is 2. The van der Waals surface area contributed by atoms with Crippen molar-refractivity contribution in [3.63, 3.8) is 0 Å². The van der Waals surface area contributed by atoms with E-state index in [4.69, 9.17) is 4.74 Å². The van der Waals surface area contributed by atoms with Crippen molar-refractivity contribution in [1.29, 1.82) is 0 Å². The number of piperidine rings is 2. The van der Waals surface area contributed by atoms with Crippen molar-refractivity contribution in [3.8, 4) is 0 Å². The summed E-state index contributed by atoms with van der Waals surface area (Å²) < 4.78 is 5.70. The molecule has 3 rings (SSSR count). The van der Waals surface area contributed by atoms with Crippen LogP contribution < -0.4 is 10.6 Å². The molecule has 0 saturated carbocycles. The Balaban J connectivity index is 1.86. The SMILES string of the molecule is CCNC(=O)OC(CC(C(C)C)N(C)C(=O)C(NC(=O)C12CCCC(CCC1)N2C)C(C)CC)c1nc(C(=O)O)cs1. The molecule has 4 atom stereocenters. The van der Waals surface area contributed by atoms with Crippen LogP contribution in [0.15, 0.2) is 5.38 Å². The monoisotopic (exact) mass is 607 g/mol. The average Bonchev–Trinajstić information content (AvgIpc) is 3.43. The van der Waals surface area contributed by atoms with E-state index in [9.17, 15) is 24.3 Å². The quantitative estimate of drug-likeness (QED) is 0.299. The van der Waals surface area contributed by atoms with Crippen LogP contribution in [0.5, 0.6) is 0 Å². The molecule has 0 aromatic carbocycles. The van der Waals surface area contributed by atoms with E-state index in [-0.39, 0.29) is 41.8 Å². The van der Waals surface area contributed by atoms with Crippen LogP contribution in [0.3, 0.4) is 0 Å². The zero-order valence-electron chi connectivity index (χ0n) is 26.1. The number of hydrogen-bond acceptors (Lipinski definition) is 8. The third kappa shape index (κ3) is 7.42. The Hall–Kier alpha value is -2.73. The number of aromatic carboxylic acids is 1. The summed E-state index contributed by atoms with van der Waals surface area (Å²) in [5.74, 6) is -1.55. The van der Waals surface area contributed by atoms with Gasteiger partial charge in [-0.2, -0.15) is 0 Å². The van der Waals surface area contributed by atoms with Gasteiger partial charge in [0.1, 0.15) is 16.6 Å². The van der Waals surface area contributed by atoms with Gasteiger partial charge >= 0.3 is 12.1 Å². The van der Waals surface area contributed by atoms with Gasteiger partial charge in [-0.3, -0.25) is 14.5 Å². The Kier molecular flexibility index (Phi) is 11.8. The molecular formula is C30H49N5O6S. The largest absolute Gasteiger partial charge is 0.476 e. The first-order chi connectivity index (χ1) is 19.9. The van der Waals surface area contributed by atoms with Crippen LogP contribution in [0.1, 0.15) is 108 Å². The van der Waals surface area contributed by atoms with Crippen molar-refractivity contribution < 1.29 is 29.0 Å². The van der Waals surface area contributed by atoms with Crippen LogP contribution in [0.4, 0.5) is 4.79 Å². The van der Waals surface area contributed by atoms with E-state index >= 15 is 0 Å². The molecule has 0 spiro atoms. The Morgan fingerprint density at radius 3 is 2.36 bits per heavy atom. The molecule has 2 fully saturated rings. The lowest BCUT2D eigenvalue weighted by atomic mass is 9.73. The van der Waals surface area contributed by atoms with Gasteiger partial charge in [0.25, 0.3) is 0 Å². The van der Waals surface area contributed by atoms with Crippen molar-refractivity contribution in [2.45, 2.75) is 116 Å². The smallest absolute Gasteiger partial charge is 0.407 e. The number of aromatic nitrogens is 1. The molecule has 236 valence electrons. The molecule has 1 aromatic rings. The first-order valence-corrected chi connectivity index (χ1v) is 16.2. The highest BCUT2D eigenvalue weighted by atomic mass is 32.1. The summed E-state index contributed by atoms with van der Waals surface area (Å²) in [6.45, 7) is 10.1. The topological polar surface area (TPSA) is 141 Å². The fourth-order valence-corrected chi connectivity index (χ4v) is 7.33. The second kappa shape index (κ2) is 14.6. The van der Waals surface area contributed by atoms with Gasteiger partial charge in [0.05, 0.1) is 0 Å². The van der Waals surface area contributed by atoms with Gasteiger partial charge in [-0.25, -0.2) is 14.6 Å². The number of nitrogens with zero attached hydrogens (tertiary/aromatic N) is 3. The van der Waals surface area contributed by atoms with Crippen molar-refractivity contribution >= 4 is 35.2 Å². The lowest BCUT2D eigenvalue weighted by Gasteiger charge is -2.52. The van der Waals surface area contributed by atoms with Crippen LogP contribution in [0.2, 0.25) is 0 Å². The van der Waals surface area contributed by atoms with Crippen molar-refractivity contribution in [3.05, 3.63) is 16.1 Å². The first-order valence-electron chi connectivity index (χ1n) is 15.3. The number of carboxylic acid groups (broad SMARTS) is 1. The van der Waals surface area contributed by atoms with Crippen molar-refractivity contribution in [2.75, 3.05) is 20.6 Å². The molecule has 2 aliphatic rings. The lowest BCUT2D eigenvalue weighted by molar-refractivity contribution is -0.148. The van der Waals surface area contributed by atoms with Gasteiger partial charge in [0, 0.05) is 37.5 Å². The average molecular weight is 608 g/mol. The second-order valence-corrected chi connectivity index (χ2v) is 13.1. The lowest BCUT2D eigenvalue weighted by Crippen LogP contribution is -2.67. The number of carbonyl (C=O) groups is 4. The number of alkyl carbamates (subject to hydrolysis) is 1. The highest BCUT2D eigenvalue weighted by Gasteiger charge is 2.50. The summed E-state index contributed by atoms with van der Waals surface area (Å²) in [6, 6.07) is -0.689. The summed E-state index contributed by atoms with van der Waals surface area (Å²) in [5.41, 5.74) is -0.705. The molecule has 3 N–H and O–H groups in total. The third-order valence-corrected chi connectivity index (χ3v) is 10.3. The molecule has 4 unspecified atom stereocenters. The van der Waals surface area contributed by atoms with E-state index < -0.39 is 29.7 Å². The zero-order valence-corrected chi connectivity index (χ0v) is 27.0. The maximum Gasteiger partial charge on any atom is 0.407 e. The molecule has 42 heavy (non-hydrogen) atoms. The maximum absolute atomic E-state index is 14.2. The third-order valence-electron chi connectivity index (χ3n) is 9.32. The fourth-order valence-electron chi connectivity index (χ4n) is 6.49. The number of amides is 3. The summed E-state index contributed by atoms with van der Waals surface area (Å²) in [4.78, 5) is 60.2. The summed E-state index contributed by atoms with van der Waals surface area (Å²) in [5, 5.41) is 17.0. The van der Waals surface area contributed by atoms with Crippen LogP contribution in [-0.2, 0) is 14.3 Å². The minimum absolute atomic E-state index is 0.0337. The van der Waals surface area contributed by atoms with Gasteiger partial charge in [-0.15, -0.1) is 11.3 Å². The fraction of sp³-hybridized carbons (Fsp3) is 0.767. The summed E-state index contributed by atoms with van der Waals surface area (Å²) in [7, 11) is 3.77. The number of hydrogen-bond donors (Lipinski definition) is 3. The molecule has 2 aliphatic heterocycles. The number of carbonyl (C=O) groups excluding carboxylic acids is 3. The minimum Gasteiger partial charge on any atom is -0.476 e. The van der Waals surface area contributed by atoms with E-state index in [1.54, 1.807) is 18.9 Å². The van der Waals surface area contributed by atoms with Crippen LogP contribution in [0.25, 0.3) is 0 Å². The number of carboxylic acids is 1. The van der Waals surface area contributed by atoms with Gasteiger partial charge in [0.15, 0.2) is 11.8 Å². The Labute approximate surface area is 253 Å². The van der Waals surface area contributed by atoms with Gasteiger partial charge < -0.3 is 25.4 Å². The molecule has 11 nitrogen and oxygen atoms in total. The van der Waals surface area contributed by atoms with Crippen LogP contribution in [-0.4, -0.2) is 88.1 Å².